The summed E-state index contributed by atoms with van der Waals surface area (Å²) in [5.41, 5.74) is 8.66. The van der Waals surface area contributed by atoms with Gasteiger partial charge in [0.05, 0.1) is 7.11 Å². The van der Waals surface area contributed by atoms with Crippen LogP contribution in [-0.2, 0) is 13.0 Å². The Labute approximate surface area is 109 Å². The van der Waals surface area contributed by atoms with Gasteiger partial charge in [-0.05, 0) is 43.5 Å². The molecule has 3 nitrogen and oxygen atoms in total. The highest BCUT2D eigenvalue weighted by molar-refractivity contribution is 5.85. The van der Waals surface area contributed by atoms with E-state index in [0.29, 0.717) is 0 Å². The Hall–Kier alpha value is -1.48. The van der Waals surface area contributed by atoms with Gasteiger partial charge in [-0.15, -0.1) is 0 Å². The zero-order valence-corrected chi connectivity index (χ0v) is 11.4. The topological polar surface area (TPSA) is 40.2 Å². The van der Waals surface area contributed by atoms with Gasteiger partial charge in [-0.1, -0.05) is 6.92 Å². The Kier molecular flexibility index (Phi) is 3.92. The molecule has 0 bridgehead atoms. The lowest BCUT2D eigenvalue weighted by atomic mass is 10.0. The van der Waals surface area contributed by atoms with Gasteiger partial charge in [-0.25, -0.2) is 0 Å². The maximum atomic E-state index is 6.08. The van der Waals surface area contributed by atoms with Crippen LogP contribution in [0.5, 0.6) is 5.75 Å². The molecule has 1 aromatic carbocycles. The Morgan fingerprint density at radius 2 is 2.11 bits per heavy atom. The highest BCUT2D eigenvalue weighted by Gasteiger charge is 2.11. The summed E-state index contributed by atoms with van der Waals surface area (Å²) in [7, 11) is 1.70. The maximum Gasteiger partial charge on any atom is 0.119 e. The van der Waals surface area contributed by atoms with Crippen LogP contribution in [0.25, 0.3) is 10.9 Å². The third-order valence-electron chi connectivity index (χ3n) is 3.52. The van der Waals surface area contributed by atoms with Gasteiger partial charge in [0, 0.05) is 29.7 Å². The van der Waals surface area contributed by atoms with Crippen LogP contribution in [0.2, 0.25) is 0 Å². The first-order valence-electron chi connectivity index (χ1n) is 6.60. The minimum absolute atomic E-state index is 0.229. The summed E-state index contributed by atoms with van der Waals surface area (Å²) in [6.07, 6.45) is 4.15. The van der Waals surface area contributed by atoms with E-state index in [1.54, 1.807) is 7.11 Å². The molecule has 0 aliphatic rings. The normalized spacial score (nSPS) is 12.9. The van der Waals surface area contributed by atoms with E-state index >= 15 is 0 Å². The molecule has 0 spiro atoms. The maximum absolute atomic E-state index is 6.08. The highest BCUT2D eigenvalue weighted by atomic mass is 16.5. The number of rotatable bonds is 5. The van der Waals surface area contributed by atoms with Gasteiger partial charge in [-0.3, -0.25) is 0 Å². The molecule has 0 saturated carbocycles. The Morgan fingerprint density at radius 1 is 1.33 bits per heavy atom. The summed E-state index contributed by atoms with van der Waals surface area (Å²) in [5, 5.41) is 1.26. The first-order valence-corrected chi connectivity index (χ1v) is 6.60. The number of hydrogen-bond acceptors (Lipinski definition) is 2. The molecule has 18 heavy (non-hydrogen) atoms. The van der Waals surface area contributed by atoms with Gasteiger partial charge in [0.1, 0.15) is 5.75 Å². The second-order valence-electron chi connectivity index (χ2n) is 4.70. The fourth-order valence-electron chi connectivity index (χ4n) is 2.33. The van der Waals surface area contributed by atoms with Gasteiger partial charge in [0.2, 0.25) is 0 Å². The van der Waals surface area contributed by atoms with Gasteiger partial charge < -0.3 is 15.0 Å². The van der Waals surface area contributed by atoms with Crippen LogP contribution >= 0.6 is 0 Å². The first kappa shape index (κ1) is 13.0. The summed E-state index contributed by atoms with van der Waals surface area (Å²) >= 11 is 0. The number of hydrogen-bond donors (Lipinski definition) is 1. The molecular weight excluding hydrogens is 224 g/mol. The third-order valence-corrected chi connectivity index (χ3v) is 3.52. The third kappa shape index (κ3) is 2.36. The zero-order chi connectivity index (χ0) is 13.1. The smallest absolute Gasteiger partial charge is 0.119 e. The minimum Gasteiger partial charge on any atom is -0.497 e. The van der Waals surface area contributed by atoms with Crippen molar-refractivity contribution in [2.45, 2.75) is 39.3 Å². The largest absolute Gasteiger partial charge is 0.497 e. The average Bonchev–Trinajstić information content (AvgIpc) is 2.75. The number of aryl methyl sites for hydroxylation is 1. The predicted molar refractivity (Wildman–Crippen MR) is 76.1 cm³/mol. The SMILES string of the molecule is CCC(N)Cc1cn(CC)c2ccc(OC)cc12. The molecule has 1 heterocycles. The predicted octanol–water partition coefficient (Wildman–Crippen LogP) is 2.95. The van der Waals surface area contributed by atoms with E-state index in [0.717, 1.165) is 25.1 Å². The lowest BCUT2D eigenvalue weighted by Gasteiger charge is -2.07. The summed E-state index contributed by atoms with van der Waals surface area (Å²) < 4.78 is 7.58. The van der Waals surface area contributed by atoms with Crippen LogP contribution in [0.3, 0.4) is 0 Å². The molecule has 98 valence electrons. The second-order valence-corrected chi connectivity index (χ2v) is 4.70. The van der Waals surface area contributed by atoms with E-state index in [2.05, 4.69) is 36.7 Å². The Balaban J connectivity index is 2.50. The summed E-state index contributed by atoms with van der Waals surface area (Å²) in [6, 6.07) is 6.47. The summed E-state index contributed by atoms with van der Waals surface area (Å²) in [6.45, 7) is 5.27. The van der Waals surface area contributed by atoms with Crippen molar-refractivity contribution in [2.24, 2.45) is 5.73 Å². The lowest BCUT2D eigenvalue weighted by molar-refractivity contribution is 0.415. The van der Waals surface area contributed by atoms with Crippen molar-refractivity contribution in [3.05, 3.63) is 30.0 Å². The lowest BCUT2D eigenvalue weighted by Crippen LogP contribution is -2.21. The Bertz CT molecular complexity index is 531. The van der Waals surface area contributed by atoms with Gasteiger partial charge in [-0.2, -0.15) is 0 Å². The number of fused-ring (bicyclic) bond motifs is 1. The molecule has 1 unspecified atom stereocenters. The van der Waals surface area contributed by atoms with Crippen LogP contribution in [0, 0.1) is 0 Å². The molecule has 1 aromatic heterocycles. The highest BCUT2D eigenvalue weighted by Crippen LogP contribution is 2.27. The van der Waals surface area contributed by atoms with Crippen LogP contribution < -0.4 is 10.5 Å². The van der Waals surface area contributed by atoms with Crippen LogP contribution in [0.4, 0.5) is 0 Å². The van der Waals surface area contributed by atoms with E-state index in [1.807, 2.05) is 6.07 Å². The molecule has 0 aliphatic heterocycles. The van der Waals surface area contributed by atoms with Crippen molar-refractivity contribution < 1.29 is 4.74 Å². The van der Waals surface area contributed by atoms with Gasteiger partial charge in [0.15, 0.2) is 0 Å². The van der Waals surface area contributed by atoms with Crippen LogP contribution in [0.1, 0.15) is 25.8 Å². The van der Waals surface area contributed by atoms with Crippen LogP contribution in [-0.4, -0.2) is 17.7 Å². The minimum atomic E-state index is 0.229. The number of nitrogens with zero attached hydrogens (tertiary/aromatic N) is 1. The molecule has 0 aliphatic carbocycles. The molecule has 0 saturated heterocycles. The van der Waals surface area contributed by atoms with Crippen molar-refractivity contribution >= 4 is 10.9 Å². The number of ether oxygens (including phenoxy) is 1. The summed E-state index contributed by atoms with van der Waals surface area (Å²) in [4.78, 5) is 0. The number of methoxy groups -OCH3 is 1. The van der Waals surface area contributed by atoms with Crippen molar-refractivity contribution in [3.8, 4) is 5.75 Å². The molecule has 0 amide bonds. The standard InChI is InChI=1S/C15H22N2O/c1-4-12(16)8-11-10-17(5-2)15-7-6-13(18-3)9-14(11)15/h6-7,9-10,12H,4-5,8,16H2,1-3H3. The van der Waals surface area contributed by atoms with Crippen LogP contribution in [0.15, 0.2) is 24.4 Å². The van der Waals surface area contributed by atoms with Crippen molar-refractivity contribution in [1.82, 2.24) is 4.57 Å². The van der Waals surface area contributed by atoms with Gasteiger partial charge >= 0.3 is 0 Å². The van der Waals surface area contributed by atoms with Crippen molar-refractivity contribution in [3.63, 3.8) is 0 Å². The number of benzene rings is 1. The fourth-order valence-corrected chi connectivity index (χ4v) is 2.33. The second kappa shape index (κ2) is 5.44. The molecular formula is C15H22N2O. The van der Waals surface area contributed by atoms with E-state index in [4.69, 9.17) is 10.5 Å². The summed E-state index contributed by atoms with van der Waals surface area (Å²) in [5.74, 6) is 0.905. The first-order chi connectivity index (χ1) is 8.69. The molecule has 1 atom stereocenters. The Morgan fingerprint density at radius 3 is 2.72 bits per heavy atom. The van der Waals surface area contributed by atoms with Crippen molar-refractivity contribution in [2.75, 3.05) is 7.11 Å². The molecule has 0 radical (unpaired) electrons. The van der Waals surface area contributed by atoms with E-state index in [1.165, 1.54) is 16.5 Å². The monoisotopic (exact) mass is 246 g/mol. The quantitative estimate of drug-likeness (QED) is 0.881. The number of aromatic nitrogens is 1. The van der Waals surface area contributed by atoms with E-state index < -0.39 is 0 Å². The van der Waals surface area contributed by atoms with E-state index in [9.17, 15) is 0 Å². The molecule has 0 fully saturated rings. The number of nitrogens with two attached hydrogens (primary N) is 1. The van der Waals surface area contributed by atoms with Gasteiger partial charge in [0.25, 0.3) is 0 Å². The molecule has 2 N–H and O–H groups in total. The molecule has 2 rings (SSSR count). The molecule has 2 aromatic rings. The van der Waals surface area contributed by atoms with Crippen molar-refractivity contribution in [1.29, 1.82) is 0 Å². The zero-order valence-electron chi connectivity index (χ0n) is 11.4. The average molecular weight is 246 g/mol. The van der Waals surface area contributed by atoms with E-state index in [-0.39, 0.29) is 6.04 Å². The fraction of sp³-hybridized carbons (Fsp3) is 0.467. The molecule has 3 heteroatoms.